The van der Waals surface area contributed by atoms with Gasteiger partial charge in [0.1, 0.15) is 12.4 Å². The van der Waals surface area contributed by atoms with Crippen molar-refractivity contribution < 1.29 is 14.6 Å². The van der Waals surface area contributed by atoms with Gasteiger partial charge in [-0.1, -0.05) is 0 Å². The molecule has 2 N–H and O–H groups in total. The molecular weight excluding hydrogens is 206 g/mol. The molecule has 1 aromatic rings. The summed E-state index contributed by atoms with van der Waals surface area (Å²) < 4.78 is 5.42. The van der Waals surface area contributed by atoms with Crippen LogP contribution < -0.4 is 10.1 Å². The Morgan fingerprint density at radius 3 is 2.38 bits per heavy atom. The fourth-order valence-corrected chi connectivity index (χ4v) is 1.04. The number of hydrogen-bond donors (Lipinski definition) is 2. The van der Waals surface area contributed by atoms with Gasteiger partial charge in [-0.3, -0.25) is 4.79 Å². The summed E-state index contributed by atoms with van der Waals surface area (Å²) in [5, 5.41) is 11.9. The van der Waals surface area contributed by atoms with Crippen LogP contribution in [0.2, 0.25) is 0 Å². The normalized spacial score (nSPS) is 10.9. The van der Waals surface area contributed by atoms with E-state index in [1.807, 2.05) is 31.3 Å². The Hall–Kier alpha value is -1.71. The molecule has 4 nitrogen and oxygen atoms in total. The zero-order chi connectivity index (χ0) is 12.2. The third-order valence-corrected chi connectivity index (χ3v) is 2.32. The predicted octanol–water partition coefficient (Wildman–Crippen LogP) is 2.22. The molecule has 0 aromatic heterocycles. The second kappa shape index (κ2) is 4.88. The first-order valence-electron chi connectivity index (χ1n) is 5.10. The van der Waals surface area contributed by atoms with Crippen molar-refractivity contribution in [1.82, 2.24) is 0 Å². The largest absolute Gasteiger partial charge is 0.492 e. The first kappa shape index (κ1) is 12.4. The fraction of sp³-hybridized carbons (Fsp3) is 0.417. The first-order valence-corrected chi connectivity index (χ1v) is 5.10. The Balaban J connectivity index is 2.58. The van der Waals surface area contributed by atoms with Crippen LogP contribution in [0, 0.1) is 5.41 Å². The molecule has 1 aromatic carbocycles. The molecule has 1 rings (SSSR count). The molecule has 0 fully saturated rings. The Labute approximate surface area is 95.2 Å². The van der Waals surface area contributed by atoms with Gasteiger partial charge in [-0.25, -0.2) is 0 Å². The zero-order valence-electron chi connectivity index (χ0n) is 9.78. The van der Waals surface area contributed by atoms with E-state index in [9.17, 15) is 4.79 Å². The summed E-state index contributed by atoms with van der Waals surface area (Å²) in [5.74, 6) is -0.187. The van der Waals surface area contributed by atoms with Gasteiger partial charge in [-0.05, 0) is 38.1 Å². The number of carboxylic acid groups (broad SMARTS) is 1. The highest BCUT2D eigenvalue weighted by Crippen LogP contribution is 2.20. The standard InChI is InChI=1S/C12H17NO3/c1-12(2,11(14)15)8-16-10-6-4-9(13-3)5-7-10/h4-7,13H,8H2,1-3H3,(H,14,15). The molecule has 0 radical (unpaired) electrons. The monoisotopic (exact) mass is 223 g/mol. The smallest absolute Gasteiger partial charge is 0.312 e. The lowest BCUT2D eigenvalue weighted by molar-refractivity contribution is -0.148. The summed E-state index contributed by atoms with van der Waals surface area (Å²) in [7, 11) is 1.84. The maximum Gasteiger partial charge on any atom is 0.312 e. The molecule has 88 valence electrons. The highest BCUT2D eigenvalue weighted by atomic mass is 16.5. The summed E-state index contributed by atoms with van der Waals surface area (Å²) in [6, 6.07) is 7.37. The number of anilines is 1. The average molecular weight is 223 g/mol. The van der Waals surface area contributed by atoms with E-state index < -0.39 is 11.4 Å². The molecule has 0 unspecified atom stereocenters. The quantitative estimate of drug-likeness (QED) is 0.803. The van der Waals surface area contributed by atoms with E-state index in [0.717, 1.165) is 5.69 Å². The minimum Gasteiger partial charge on any atom is -0.492 e. The Kier molecular flexibility index (Phi) is 3.77. The number of hydrogen-bond acceptors (Lipinski definition) is 3. The predicted molar refractivity (Wildman–Crippen MR) is 62.9 cm³/mol. The van der Waals surface area contributed by atoms with Crippen LogP contribution in [0.25, 0.3) is 0 Å². The second-order valence-corrected chi connectivity index (χ2v) is 4.25. The molecule has 4 heteroatoms. The molecule has 0 aliphatic carbocycles. The molecule has 0 aliphatic rings. The molecule has 0 spiro atoms. The van der Waals surface area contributed by atoms with E-state index >= 15 is 0 Å². The van der Waals surface area contributed by atoms with E-state index in [0.29, 0.717) is 5.75 Å². The summed E-state index contributed by atoms with van der Waals surface area (Å²) >= 11 is 0. The number of carboxylic acids is 1. The van der Waals surface area contributed by atoms with E-state index in [1.54, 1.807) is 13.8 Å². The van der Waals surface area contributed by atoms with Gasteiger partial charge in [0.2, 0.25) is 0 Å². The van der Waals surface area contributed by atoms with Crippen molar-refractivity contribution >= 4 is 11.7 Å². The van der Waals surface area contributed by atoms with E-state index in [4.69, 9.17) is 9.84 Å². The van der Waals surface area contributed by atoms with Crippen molar-refractivity contribution in [2.24, 2.45) is 5.41 Å². The SMILES string of the molecule is CNc1ccc(OCC(C)(C)C(=O)O)cc1. The van der Waals surface area contributed by atoms with Crippen molar-refractivity contribution in [2.45, 2.75) is 13.8 Å². The van der Waals surface area contributed by atoms with Crippen molar-refractivity contribution in [3.8, 4) is 5.75 Å². The van der Waals surface area contributed by atoms with Crippen molar-refractivity contribution in [1.29, 1.82) is 0 Å². The first-order chi connectivity index (χ1) is 7.45. The van der Waals surface area contributed by atoms with Crippen LogP contribution in [0.1, 0.15) is 13.8 Å². The van der Waals surface area contributed by atoms with E-state index in [1.165, 1.54) is 0 Å². The fourth-order valence-electron chi connectivity index (χ4n) is 1.04. The molecule has 0 heterocycles. The van der Waals surface area contributed by atoms with Crippen LogP contribution in [0.4, 0.5) is 5.69 Å². The molecule has 0 atom stereocenters. The highest BCUT2D eigenvalue weighted by Gasteiger charge is 2.28. The van der Waals surface area contributed by atoms with Crippen LogP contribution in [0.15, 0.2) is 24.3 Å². The van der Waals surface area contributed by atoms with Gasteiger partial charge in [0, 0.05) is 12.7 Å². The summed E-state index contributed by atoms with van der Waals surface area (Å²) in [5.41, 5.74) is 0.117. The summed E-state index contributed by atoms with van der Waals surface area (Å²) in [4.78, 5) is 10.9. The minimum absolute atomic E-state index is 0.154. The van der Waals surface area contributed by atoms with Crippen LogP contribution in [-0.2, 0) is 4.79 Å². The number of rotatable bonds is 5. The van der Waals surface area contributed by atoms with E-state index in [-0.39, 0.29) is 6.61 Å². The third kappa shape index (κ3) is 3.15. The number of ether oxygens (including phenoxy) is 1. The molecule has 0 bridgehead atoms. The van der Waals surface area contributed by atoms with Crippen molar-refractivity contribution in [3.63, 3.8) is 0 Å². The molecule has 0 aliphatic heterocycles. The van der Waals surface area contributed by atoms with Crippen LogP contribution in [0.5, 0.6) is 5.75 Å². The second-order valence-electron chi connectivity index (χ2n) is 4.25. The average Bonchev–Trinajstić information content (AvgIpc) is 2.27. The molecule has 0 amide bonds. The van der Waals surface area contributed by atoms with Crippen molar-refractivity contribution in [3.05, 3.63) is 24.3 Å². The van der Waals surface area contributed by atoms with Crippen LogP contribution >= 0.6 is 0 Å². The summed E-state index contributed by atoms with van der Waals surface area (Å²) in [6.45, 7) is 3.43. The molecule has 0 saturated carbocycles. The van der Waals surface area contributed by atoms with Gasteiger partial charge in [0.25, 0.3) is 0 Å². The van der Waals surface area contributed by atoms with Gasteiger partial charge < -0.3 is 15.2 Å². The maximum atomic E-state index is 10.9. The topological polar surface area (TPSA) is 58.6 Å². The maximum absolute atomic E-state index is 10.9. The van der Waals surface area contributed by atoms with Gasteiger partial charge >= 0.3 is 5.97 Å². The minimum atomic E-state index is -0.873. The Bertz CT molecular complexity index is 357. The lowest BCUT2D eigenvalue weighted by Crippen LogP contribution is -2.30. The van der Waals surface area contributed by atoms with E-state index in [2.05, 4.69) is 5.32 Å². The zero-order valence-corrected chi connectivity index (χ0v) is 9.78. The van der Waals surface area contributed by atoms with Gasteiger partial charge in [-0.2, -0.15) is 0 Å². The van der Waals surface area contributed by atoms with Gasteiger partial charge in [0.15, 0.2) is 0 Å². The molecule has 0 saturated heterocycles. The van der Waals surface area contributed by atoms with Crippen LogP contribution in [0.3, 0.4) is 0 Å². The van der Waals surface area contributed by atoms with Gasteiger partial charge in [0.05, 0.1) is 5.41 Å². The van der Waals surface area contributed by atoms with Crippen molar-refractivity contribution in [2.75, 3.05) is 19.0 Å². The summed E-state index contributed by atoms with van der Waals surface area (Å²) in [6.07, 6.45) is 0. The third-order valence-electron chi connectivity index (χ3n) is 2.32. The number of benzene rings is 1. The lowest BCUT2D eigenvalue weighted by Gasteiger charge is -2.19. The molecule has 16 heavy (non-hydrogen) atoms. The van der Waals surface area contributed by atoms with Gasteiger partial charge in [-0.15, -0.1) is 0 Å². The lowest BCUT2D eigenvalue weighted by atomic mass is 9.95. The van der Waals surface area contributed by atoms with Crippen LogP contribution in [-0.4, -0.2) is 24.7 Å². The Morgan fingerprint density at radius 2 is 1.94 bits per heavy atom. The molecular formula is C12H17NO3. The number of aliphatic carboxylic acids is 1. The Morgan fingerprint density at radius 1 is 1.38 bits per heavy atom. The number of nitrogens with one attached hydrogen (secondary N) is 1. The highest BCUT2D eigenvalue weighted by molar-refractivity contribution is 5.73. The number of carbonyl (C=O) groups is 1.